The zero-order valence-corrected chi connectivity index (χ0v) is 17.7. The van der Waals surface area contributed by atoms with Crippen LogP contribution in [0.25, 0.3) is 10.9 Å². The van der Waals surface area contributed by atoms with Crippen molar-refractivity contribution in [3.05, 3.63) is 59.8 Å². The SMILES string of the molecule is CC(C)COc1ccc(CC2CCCN(C(=O)c3cc4ccc(O)cc4[nH]3)C2)cc1. The molecule has 4 rings (SSSR count). The lowest BCUT2D eigenvalue weighted by Gasteiger charge is -2.32. The molecule has 1 saturated heterocycles. The molecule has 1 atom stereocenters. The first-order valence-electron chi connectivity index (χ1n) is 10.8. The van der Waals surface area contributed by atoms with Crippen LogP contribution in [-0.2, 0) is 6.42 Å². The monoisotopic (exact) mass is 406 g/mol. The number of ether oxygens (including phenoxy) is 1. The lowest BCUT2D eigenvalue weighted by Crippen LogP contribution is -2.40. The summed E-state index contributed by atoms with van der Waals surface area (Å²) in [6, 6.07) is 15.4. The fourth-order valence-electron chi connectivity index (χ4n) is 4.13. The maximum absolute atomic E-state index is 13.0. The molecule has 1 amide bonds. The first kappa shape index (κ1) is 20.3. The molecule has 0 spiro atoms. The highest BCUT2D eigenvalue weighted by atomic mass is 16.5. The molecule has 0 aliphatic carbocycles. The molecule has 3 aromatic rings. The second-order valence-corrected chi connectivity index (χ2v) is 8.77. The van der Waals surface area contributed by atoms with Gasteiger partial charge in [0.25, 0.3) is 5.91 Å². The number of amides is 1. The number of likely N-dealkylation sites (tertiary alicyclic amines) is 1. The van der Waals surface area contributed by atoms with Crippen molar-refractivity contribution in [1.82, 2.24) is 9.88 Å². The quantitative estimate of drug-likeness (QED) is 0.605. The number of fused-ring (bicyclic) bond motifs is 1. The van der Waals surface area contributed by atoms with Gasteiger partial charge in [-0.25, -0.2) is 0 Å². The Morgan fingerprint density at radius 3 is 2.77 bits per heavy atom. The van der Waals surface area contributed by atoms with Crippen molar-refractivity contribution in [2.75, 3.05) is 19.7 Å². The third kappa shape index (κ3) is 4.78. The summed E-state index contributed by atoms with van der Waals surface area (Å²) in [5, 5.41) is 10.6. The van der Waals surface area contributed by atoms with Crippen molar-refractivity contribution < 1.29 is 14.6 Å². The van der Waals surface area contributed by atoms with Gasteiger partial charge in [-0.3, -0.25) is 4.79 Å². The highest BCUT2D eigenvalue weighted by Gasteiger charge is 2.25. The topological polar surface area (TPSA) is 65.6 Å². The molecule has 0 saturated carbocycles. The van der Waals surface area contributed by atoms with E-state index in [4.69, 9.17) is 4.74 Å². The van der Waals surface area contributed by atoms with Gasteiger partial charge in [0, 0.05) is 30.1 Å². The molecule has 2 aromatic carbocycles. The first-order valence-corrected chi connectivity index (χ1v) is 10.8. The maximum atomic E-state index is 13.0. The van der Waals surface area contributed by atoms with Crippen LogP contribution in [0.15, 0.2) is 48.5 Å². The molecular formula is C25H30N2O3. The summed E-state index contributed by atoms with van der Waals surface area (Å²) in [7, 11) is 0. The van der Waals surface area contributed by atoms with Crippen LogP contribution in [0.4, 0.5) is 0 Å². The third-order valence-electron chi connectivity index (χ3n) is 5.67. The maximum Gasteiger partial charge on any atom is 0.270 e. The highest BCUT2D eigenvalue weighted by molar-refractivity contribution is 5.98. The van der Waals surface area contributed by atoms with Crippen LogP contribution in [-0.4, -0.2) is 40.6 Å². The summed E-state index contributed by atoms with van der Waals surface area (Å²) in [5.41, 5.74) is 2.65. The van der Waals surface area contributed by atoms with E-state index < -0.39 is 0 Å². The van der Waals surface area contributed by atoms with Crippen molar-refractivity contribution in [3.63, 3.8) is 0 Å². The summed E-state index contributed by atoms with van der Waals surface area (Å²) in [5.74, 6) is 2.12. The van der Waals surface area contributed by atoms with Crippen LogP contribution in [0.2, 0.25) is 0 Å². The van der Waals surface area contributed by atoms with Gasteiger partial charge in [-0.15, -0.1) is 0 Å². The number of benzene rings is 2. The van der Waals surface area contributed by atoms with Gasteiger partial charge in [-0.05, 0) is 67.0 Å². The number of phenols is 1. The Labute approximate surface area is 177 Å². The fourth-order valence-corrected chi connectivity index (χ4v) is 4.13. The Hall–Kier alpha value is -2.95. The number of nitrogens with zero attached hydrogens (tertiary/aromatic N) is 1. The minimum Gasteiger partial charge on any atom is -0.508 e. The second-order valence-electron chi connectivity index (χ2n) is 8.77. The van der Waals surface area contributed by atoms with Crippen LogP contribution in [0.1, 0.15) is 42.7 Å². The molecule has 2 N–H and O–H groups in total. The van der Waals surface area contributed by atoms with Gasteiger partial charge >= 0.3 is 0 Å². The van der Waals surface area contributed by atoms with Crippen molar-refractivity contribution in [3.8, 4) is 11.5 Å². The van der Waals surface area contributed by atoms with Crippen LogP contribution in [0.5, 0.6) is 11.5 Å². The normalized spacial score (nSPS) is 16.9. The van der Waals surface area contributed by atoms with Crippen LogP contribution >= 0.6 is 0 Å². The van der Waals surface area contributed by atoms with Crippen LogP contribution in [0, 0.1) is 11.8 Å². The highest BCUT2D eigenvalue weighted by Crippen LogP contribution is 2.25. The Morgan fingerprint density at radius 2 is 2.00 bits per heavy atom. The van der Waals surface area contributed by atoms with E-state index in [-0.39, 0.29) is 11.7 Å². The molecule has 1 unspecified atom stereocenters. The summed E-state index contributed by atoms with van der Waals surface area (Å²) in [4.78, 5) is 18.2. The standard InChI is InChI=1S/C25H30N2O3/c1-17(2)16-30-22-9-5-18(6-10-22)12-19-4-3-11-27(15-19)25(29)24-13-20-7-8-21(28)14-23(20)26-24/h5-10,13-14,17,19,26,28H,3-4,11-12,15-16H2,1-2H3. The second kappa shape index (κ2) is 8.82. The predicted molar refractivity (Wildman–Crippen MR) is 119 cm³/mol. The van der Waals surface area contributed by atoms with E-state index in [0.29, 0.717) is 17.5 Å². The number of carbonyl (C=O) groups is 1. The summed E-state index contributed by atoms with van der Waals surface area (Å²) < 4.78 is 5.77. The Bertz CT molecular complexity index is 1010. The van der Waals surface area contributed by atoms with Crippen molar-refractivity contribution in [2.24, 2.45) is 11.8 Å². The van der Waals surface area contributed by atoms with Gasteiger partial charge in [-0.2, -0.15) is 0 Å². The van der Waals surface area contributed by atoms with E-state index in [1.807, 2.05) is 29.2 Å². The number of phenolic OH excluding ortho intramolecular Hbond substituents is 1. The summed E-state index contributed by atoms with van der Waals surface area (Å²) >= 11 is 0. The molecule has 0 radical (unpaired) electrons. The molecule has 158 valence electrons. The molecule has 2 heterocycles. The molecule has 0 bridgehead atoms. The summed E-state index contributed by atoms with van der Waals surface area (Å²) in [6.07, 6.45) is 3.12. The van der Waals surface area contributed by atoms with E-state index >= 15 is 0 Å². The Kier molecular flexibility index (Phi) is 5.98. The van der Waals surface area contributed by atoms with Gasteiger partial charge in [0.2, 0.25) is 0 Å². The van der Waals surface area contributed by atoms with Gasteiger partial charge in [-0.1, -0.05) is 26.0 Å². The predicted octanol–water partition coefficient (Wildman–Crippen LogP) is 5.00. The zero-order chi connectivity index (χ0) is 21.1. The molecule has 1 aliphatic rings. The van der Waals surface area contributed by atoms with E-state index in [0.717, 1.165) is 55.6 Å². The molecule has 1 aliphatic heterocycles. The molecule has 30 heavy (non-hydrogen) atoms. The summed E-state index contributed by atoms with van der Waals surface area (Å²) in [6.45, 7) is 6.57. The lowest BCUT2D eigenvalue weighted by molar-refractivity contribution is 0.0668. The number of hydrogen-bond donors (Lipinski definition) is 2. The van der Waals surface area contributed by atoms with Gasteiger partial charge in [0.05, 0.1) is 6.61 Å². The van der Waals surface area contributed by atoms with Crippen molar-refractivity contribution >= 4 is 16.8 Å². The number of aromatic amines is 1. The molecule has 1 fully saturated rings. The van der Waals surface area contributed by atoms with E-state index in [1.165, 1.54) is 5.56 Å². The van der Waals surface area contributed by atoms with Crippen molar-refractivity contribution in [1.29, 1.82) is 0 Å². The molecule has 5 heteroatoms. The fraction of sp³-hybridized carbons (Fsp3) is 0.400. The third-order valence-corrected chi connectivity index (χ3v) is 5.67. The minimum atomic E-state index is 0.0350. The Morgan fingerprint density at radius 1 is 1.20 bits per heavy atom. The average molecular weight is 407 g/mol. The first-order chi connectivity index (χ1) is 14.5. The molecule has 1 aromatic heterocycles. The van der Waals surface area contributed by atoms with Gasteiger partial charge in [0.1, 0.15) is 17.2 Å². The Balaban J connectivity index is 1.38. The van der Waals surface area contributed by atoms with Crippen molar-refractivity contribution in [2.45, 2.75) is 33.1 Å². The van der Waals surface area contributed by atoms with E-state index in [2.05, 4.69) is 31.0 Å². The van der Waals surface area contributed by atoms with Crippen LogP contribution in [0.3, 0.4) is 0 Å². The number of carbonyl (C=O) groups excluding carboxylic acids is 1. The number of hydrogen-bond acceptors (Lipinski definition) is 3. The largest absolute Gasteiger partial charge is 0.508 e. The van der Waals surface area contributed by atoms with E-state index in [1.54, 1.807) is 12.1 Å². The molecular weight excluding hydrogens is 376 g/mol. The van der Waals surface area contributed by atoms with Gasteiger partial charge in [0.15, 0.2) is 0 Å². The van der Waals surface area contributed by atoms with E-state index in [9.17, 15) is 9.90 Å². The average Bonchev–Trinajstić information content (AvgIpc) is 3.16. The minimum absolute atomic E-state index is 0.0350. The zero-order valence-electron chi connectivity index (χ0n) is 17.7. The lowest BCUT2D eigenvalue weighted by atomic mass is 9.91. The van der Waals surface area contributed by atoms with Crippen LogP contribution < -0.4 is 4.74 Å². The number of aromatic hydroxyl groups is 1. The molecule has 5 nitrogen and oxygen atoms in total. The number of H-pyrrole nitrogens is 1. The smallest absolute Gasteiger partial charge is 0.270 e. The number of rotatable bonds is 6. The number of piperidine rings is 1. The number of aromatic nitrogens is 1. The van der Waals surface area contributed by atoms with Gasteiger partial charge < -0.3 is 19.7 Å². The number of nitrogens with one attached hydrogen (secondary N) is 1.